The van der Waals surface area contributed by atoms with Gasteiger partial charge in [0.1, 0.15) is 0 Å². The number of carbonyl (C=O) groups is 2. The third kappa shape index (κ3) is 4.65. The molecule has 3 aromatic rings. The summed E-state index contributed by atoms with van der Waals surface area (Å²) in [6.07, 6.45) is 1.64. The number of carbonyl (C=O) groups excluding carboxylic acids is 2. The van der Waals surface area contributed by atoms with Crippen molar-refractivity contribution in [1.82, 2.24) is 10.2 Å². The van der Waals surface area contributed by atoms with Crippen LogP contribution >= 0.6 is 0 Å². The van der Waals surface area contributed by atoms with Gasteiger partial charge in [0, 0.05) is 54.9 Å². The van der Waals surface area contributed by atoms with Gasteiger partial charge in [0.2, 0.25) is 0 Å². The van der Waals surface area contributed by atoms with Crippen molar-refractivity contribution in [3.05, 3.63) is 89.6 Å². The molecule has 2 aliphatic rings. The van der Waals surface area contributed by atoms with E-state index in [1.54, 1.807) is 24.4 Å². The van der Waals surface area contributed by atoms with Crippen LogP contribution in [0.4, 0.5) is 11.4 Å². The molecule has 1 fully saturated rings. The Morgan fingerprint density at radius 3 is 2.37 bits per heavy atom. The highest BCUT2D eigenvalue weighted by Gasteiger charge is 2.27. The zero-order chi connectivity index (χ0) is 24.4. The topological polar surface area (TPSA) is 88.5 Å². The SMILES string of the molecule is CN1CCN(c2ccc(N/C=C3\C(=O)NC(=O)c4ccc(-c5cccc(C#N)c5)cc43)cc2)CC1. The second-order valence-corrected chi connectivity index (χ2v) is 8.78. The Morgan fingerprint density at radius 2 is 1.63 bits per heavy atom. The molecule has 0 unspecified atom stereocenters. The minimum Gasteiger partial charge on any atom is -0.369 e. The number of nitrogens with one attached hydrogen (secondary N) is 2. The summed E-state index contributed by atoms with van der Waals surface area (Å²) in [5.74, 6) is -0.872. The van der Waals surface area contributed by atoms with Gasteiger partial charge < -0.3 is 15.1 Å². The molecule has 7 heteroatoms. The standard InChI is InChI=1S/C28H25N5O2/c1-32-11-13-33(14-12-32)23-8-6-22(7-9-23)30-18-26-25-16-21(20-4-2-3-19(15-20)17-29)5-10-24(25)27(34)31-28(26)35/h2-10,15-16,18,30H,11-14H2,1H3,(H,31,34,35)/b26-18-. The number of rotatable bonds is 4. The van der Waals surface area contributed by atoms with Crippen molar-refractivity contribution >= 4 is 28.8 Å². The number of nitrogens with zero attached hydrogens (tertiary/aromatic N) is 3. The second-order valence-electron chi connectivity index (χ2n) is 8.78. The van der Waals surface area contributed by atoms with E-state index in [4.69, 9.17) is 0 Å². The molecule has 0 aliphatic carbocycles. The van der Waals surface area contributed by atoms with Crippen LogP contribution in [-0.4, -0.2) is 49.9 Å². The monoisotopic (exact) mass is 463 g/mol. The number of piperazine rings is 1. The number of fused-ring (bicyclic) bond motifs is 1. The summed E-state index contributed by atoms with van der Waals surface area (Å²) in [4.78, 5) is 29.9. The predicted molar refractivity (Wildman–Crippen MR) is 137 cm³/mol. The molecule has 174 valence electrons. The Labute approximate surface area is 204 Å². The van der Waals surface area contributed by atoms with Crippen molar-refractivity contribution in [2.24, 2.45) is 0 Å². The van der Waals surface area contributed by atoms with Crippen LogP contribution in [0, 0.1) is 11.3 Å². The van der Waals surface area contributed by atoms with E-state index in [1.165, 1.54) is 5.69 Å². The van der Waals surface area contributed by atoms with Gasteiger partial charge in [0.25, 0.3) is 11.8 Å². The Balaban J connectivity index is 1.41. The van der Waals surface area contributed by atoms with E-state index in [2.05, 4.69) is 45.7 Å². The zero-order valence-corrected chi connectivity index (χ0v) is 19.4. The Kier molecular flexibility index (Phi) is 6.04. The summed E-state index contributed by atoms with van der Waals surface area (Å²) in [5, 5.41) is 14.8. The van der Waals surface area contributed by atoms with Crippen LogP contribution in [-0.2, 0) is 4.79 Å². The molecule has 7 nitrogen and oxygen atoms in total. The van der Waals surface area contributed by atoms with Crippen LogP contribution in [0.5, 0.6) is 0 Å². The van der Waals surface area contributed by atoms with Gasteiger partial charge in [-0.3, -0.25) is 14.9 Å². The van der Waals surface area contributed by atoms with Gasteiger partial charge in [-0.05, 0) is 66.7 Å². The van der Waals surface area contributed by atoms with E-state index < -0.39 is 11.8 Å². The molecule has 0 atom stereocenters. The number of likely N-dealkylation sites (N-methyl/N-ethyl adjacent to an activating group) is 1. The molecule has 2 N–H and O–H groups in total. The minimum absolute atomic E-state index is 0.376. The number of imide groups is 1. The van der Waals surface area contributed by atoms with Crippen molar-refractivity contribution in [3.8, 4) is 17.2 Å². The average molecular weight is 464 g/mol. The van der Waals surface area contributed by atoms with Crippen LogP contribution in [0.2, 0.25) is 0 Å². The van der Waals surface area contributed by atoms with Crippen molar-refractivity contribution in [3.63, 3.8) is 0 Å². The number of hydrogen-bond donors (Lipinski definition) is 2. The van der Waals surface area contributed by atoms with E-state index in [0.717, 1.165) is 43.0 Å². The molecule has 3 aromatic carbocycles. The maximum atomic E-state index is 12.7. The summed E-state index contributed by atoms with van der Waals surface area (Å²) in [7, 11) is 2.14. The molecule has 1 saturated heterocycles. The van der Waals surface area contributed by atoms with Crippen molar-refractivity contribution < 1.29 is 9.59 Å². The number of hydrogen-bond acceptors (Lipinski definition) is 6. The van der Waals surface area contributed by atoms with Crippen molar-refractivity contribution in [1.29, 1.82) is 5.26 Å². The van der Waals surface area contributed by atoms with Gasteiger partial charge in [-0.25, -0.2) is 0 Å². The molecule has 5 rings (SSSR count). The highest BCUT2D eigenvalue weighted by atomic mass is 16.2. The summed E-state index contributed by atoms with van der Waals surface area (Å²) in [6.45, 7) is 4.08. The molecule has 0 saturated carbocycles. The maximum absolute atomic E-state index is 12.7. The van der Waals surface area contributed by atoms with E-state index in [9.17, 15) is 14.9 Å². The smallest absolute Gasteiger partial charge is 0.260 e. The van der Waals surface area contributed by atoms with Gasteiger partial charge in [-0.15, -0.1) is 0 Å². The largest absolute Gasteiger partial charge is 0.369 e. The molecule has 2 aliphatic heterocycles. The Morgan fingerprint density at radius 1 is 0.886 bits per heavy atom. The molecule has 2 heterocycles. The lowest BCUT2D eigenvalue weighted by molar-refractivity contribution is -0.114. The highest BCUT2D eigenvalue weighted by Crippen LogP contribution is 2.30. The second kappa shape index (κ2) is 9.45. The van der Waals surface area contributed by atoms with E-state index >= 15 is 0 Å². The van der Waals surface area contributed by atoms with Crippen LogP contribution in [0.15, 0.2) is 72.9 Å². The van der Waals surface area contributed by atoms with Crippen LogP contribution in [0.25, 0.3) is 16.7 Å². The molecular weight excluding hydrogens is 438 g/mol. The molecule has 0 aromatic heterocycles. The number of nitriles is 1. The molecule has 35 heavy (non-hydrogen) atoms. The van der Waals surface area contributed by atoms with Gasteiger partial charge >= 0.3 is 0 Å². The van der Waals surface area contributed by atoms with Crippen LogP contribution in [0.3, 0.4) is 0 Å². The van der Waals surface area contributed by atoms with E-state index in [1.807, 2.05) is 36.4 Å². The minimum atomic E-state index is -0.452. The lowest BCUT2D eigenvalue weighted by Gasteiger charge is -2.34. The third-order valence-electron chi connectivity index (χ3n) is 6.47. The Hall–Kier alpha value is -4.41. The lowest BCUT2D eigenvalue weighted by Crippen LogP contribution is -2.44. The number of amides is 2. The van der Waals surface area contributed by atoms with Crippen LogP contribution < -0.4 is 15.5 Å². The van der Waals surface area contributed by atoms with Gasteiger partial charge in [0.15, 0.2) is 0 Å². The maximum Gasteiger partial charge on any atom is 0.260 e. The van der Waals surface area contributed by atoms with Gasteiger partial charge in [0.05, 0.1) is 17.2 Å². The molecule has 2 amide bonds. The molecule has 0 spiro atoms. The number of benzene rings is 3. The predicted octanol–water partition coefficient (Wildman–Crippen LogP) is 3.70. The Bertz CT molecular complexity index is 1360. The molecule has 0 radical (unpaired) electrons. The van der Waals surface area contributed by atoms with Gasteiger partial charge in [-0.1, -0.05) is 18.2 Å². The first-order valence-electron chi connectivity index (χ1n) is 11.5. The first-order valence-corrected chi connectivity index (χ1v) is 11.5. The fourth-order valence-electron chi connectivity index (χ4n) is 4.40. The first kappa shape index (κ1) is 22.4. The summed E-state index contributed by atoms with van der Waals surface area (Å²) >= 11 is 0. The quantitative estimate of drug-likeness (QED) is 0.453. The zero-order valence-electron chi connectivity index (χ0n) is 19.4. The fourth-order valence-corrected chi connectivity index (χ4v) is 4.40. The summed E-state index contributed by atoms with van der Waals surface area (Å²) < 4.78 is 0. The van der Waals surface area contributed by atoms with E-state index in [-0.39, 0.29) is 0 Å². The van der Waals surface area contributed by atoms with Crippen molar-refractivity contribution in [2.75, 3.05) is 43.4 Å². The van der Waals surface area contributed by atoms with Crippen molar-refractivity contribution in [2.45, 2.75) is 0 Å². The van der Waals surface area contributed by atoms with Gasteiger partial charge in [-0.2, -0.15) is 5.26 Å². The fraction of sp³-hybridized carbons (Fsp3) is 0.179. The van der Waals surface area contributed by atoms with E-state index in [0.29, 0.717) is 22.3 Å². The normalized spacial score (nSPS) is 17.0. The summed E-state index contributed by atoms with van der Waals surface area (Å²) in [6, 6.07) is 22.9. The number of anilines is 2. The molecular formula is C28H25N5O2. The summed E-state index contributed by atoms with van der Waals surface area (Å²) in [5.41, 5.74) is 5.60. The molecule has 0 bridgehead atoms. The third-order valence-corrected chi connectivity index (χ3v) is 6.47. The average Bonchev–Trinajstić information content (AvgIpc) is 2.89. The lowest BCUT2D eigenvalue weighted by atomic mass is 9.91. The highest BCUT2D eigenvalue weighted by molar-refractivity contribution is 6.31. The van der Waals surface area contributed by atoms with Crippen LogP contribution in [0.1, 0.15) is 21.5 Å². The first-order chi connectivity index (χ1) is 17.0.